The lowest BCUT2D eigenvalue weighted by molar-refractivity contribution is 0.172. The van der Waals surface area contributed by atoms with Crippen molar-refractivity contribution >= 4 is 31.7 Å². The van der Waals surface area contributed by atoms with E-state index in [0.717, 1.165) is 37.7 Å². The van der Waals surface area contributed by atoms with Gasteiger partial charge in [-0.15, -0.1) is 0 Å². The Morgan fingerprint density at radius 3 is 2.58 bits per heavy atom. The van der Waals surface area contributed by atoms with Gasteiger partial charge in [-0.25, -0.2) is 12.8 Å². The molecular weight excluding hydrogens is 423 g/mol. The molecule has 1 aliphatic rings. The summed E-state index contributed by atoms with van der Waals surface area (Å²) in [5.74, 6) is 0.749. The quantitative estimate of drug-likeness (QED) is 0.530. The summed E-state index contributed by atoms with van der Waals surface area (Å²) in [4.78, 5) is 8.64. The standard InChI is InChI=1S/C17H26BrFN4O2S/c1-3-26(24,25)11-6-21-17(20-2)23-9-7-22(8-10-23)13-14-4-5-15(18)16(19)12-14/h4-5,12H,3,6-11,13H2,1-2H3,(H,20,21). The lowest BCUT2D eigenvalue weighted by Crippen LogP contribution is -2.52. The van der Waals surface area contributed by atoms with Crippen LogP contribution in [0.1, 0.15) is 12.5 Å². The maximum atomic E-state index is 13.6. The van der Waals surface area contributed by atoms with Crippen LogP contribution in [0.3, 0.4) is 0 Å². The summed E-state index contributed by atoms with van der Waals surface area (Å²) < 4.78 is 37.3. The fourth-order valence-electron chi connectivity index (χ4n) is 2.81. The molecule has 0 atom stereocenters. The van der Waals surface area contributed by atoms with Crippen molar-refractivity contribution in [1.82, 2.24) is 15.1 Å². The van der Waals surface area contributed by atoms with E-state index in [0.29, 0.717) is 17.6 Å². The van der Waals surface area contributed by atoms with Crippen LogP contribution < -0.4 is 5.32 Å². The van der Waals surface area contributed by atoms with Crippen LogP contribution in [0.2, 0.25) is 0 Å². The predicted octanol–water partition coefficient (Wildman–Crippen LogP) is 1.72. The molecule has 26 heavy (non-hydrogen) atoms. The first-order chi connectivity index (χ1) is 12.3. The molecule has 1 aliphatic heterocycles. The van der Waals surface area contributed by atoms with Crippen LogP contribution in [-0.4, -0.2) is 75.5 Å². The zero-order valence-corrected chi connectivity index (χ0v) is 17.6. The third-order valence-corrected chi connectivity index (χ3v) is 6.76. The van der Waals surface area contributed by atoms with E-state index in [4.69, 9.17) is 0 Å². The second-order valence-corrected chi connectivity index (χ2v) is 9.55. The molecule has 0 bridgehead atoms. The fraction of sp³-hybridized carbons (Fsp3) is 0.588. The minimum absolute atomic E-state index is 0.109. The molecule has 0 spiro atoms. The molecule has 0 radical (unpaired) electrons. The van der Waals surface area contributed by atoms with Gasteiger partial charge < -0.3 is 10.2 Å². The number of piperazine rings is 1. The summed E-state index contributed by atoms with van der Waals surface area (Å²) in [7, 11) is -1.28. The van der Waals surface area contributed by atoms with Gasteiger partial charge in [0.15, 0.2) is 15.8 Å². The molecule has 0 saturated carbocycles. The summed E-state index contributed by atoms with van der Waals surface area (Å²) in [5, 5.41) is 3.13. The van der Waals surface area contributed by atoms with Crippen LogP contribution in [-0.2, 0) is 16.4 Å². The first-order valence-electron chi connectivity index (χ1n) is 8.67. The highest BCUT2D eigenvalue weighted by Gasteiger charge is 2.20. The van der Waals surface area contributed by atoms with Gasteiger partial charge in [0, 0.05) is 52.1 Å². The molecule has 1 N–H and O–H groups in total. The van der Waals surface area contributed by atoms with Crippen molar-refractivity contribution in [2.75, 3.05) is 51.3 Å². The highest BCUT2D eigenvalue weighted by atomic mass is 79.9. The topological polar surface area (TPSA) is 65.0 Å². The van der Waals surface area contributed by atoms with Crippen molar-refractivity contribution in [2.24, 2.45) is 4.99 Å². The lowest BCUT2D eigenvalue weighted by atomic mass is 10.2. The fourth-order valence-corrected chi connectivity index (χ4v) is 3.76. The summed E-state index contributed by atoms with van der Waals surface area (Å²) in [6.07, 6.45) is 0. The van der Waals surface area contributed by atoms with Gasteiger partial charge in [-0.3, -0.25) is 9.89 Å². The van der Waals surface area contributed by atoms with Crippen molar-refractivity contribution < 1.29 is 12.8 Å². The Balaban J connectivity index is 1.81. The largest absolute Gasteiger partial charge is 0.355 e. The molecule has 6 nitrogen and oxygen atoms in total. The van der Waals surface area contributed by atoms with Gasteiger partial charge in [-0.2, -0.15) is 0 Å². The van der Waals surface area contributed by atoms with E-state index in [9.17, 15) is 12.8 Å². The van der Waals surface area contributed by atoms with Crippen molar-refractivity contribution in [3.05, 3.63) is 34.1 Å². The number of sulfone groups is 1. The molecule has 1 fully saturated rings. The molecule has 1 aromatic rings. The average molecular weight is 449 g/mol. The summed E-state index contributed by atoms with van der Waals surface area (Å²) in [5.41, 5.74) is 0.950. The molecule has 0 unspecified atom stereocenters. The van der Waals surface area contributed by atoms with Crippen LogP contribution in [0.25, 0.3) is 0 Å². The van der Waals surface area contributed by atoms with Crippen molar-refractivity contribution in [3.63, 3.8) is 0 Å². The smallest absolute Gasteiger partial charge is 0.193 e. The number of hydrogen-bond acceptors (Lipinski definition) is 4. The third kappa shape index (κ3) is 6.21. The Labute approximate surface area is 163 Å². The van der Waals surface area contributed by atoms with E-state index in [-0.39, 0.29) is 17.3 Å². The lowest BCUT2D eigenvalue weighted by Gasteiger charge is -2.36. The molecule has 2 rings (SSSR count). The van der Waals surface area contributed by atoms with E-state index in [1.165, 1.54) is 0 Å². The van der Waals surface area contributed by atoms with Gasteiger partial charge in [-0.05, 0) is 33.6 Å². The number of guanidine groups is 1. The minimum atomic E-state index is -2.98. The molecule has 1 saturated heterocycles. The molecule has 0 amide bonds. The number of nitrogens with zero attached hydrogens (tertiary/aromatic N) is 3. The van der Waals surface area contributed by atoms with Crippen LogP contribution in [0, 0.1) is 5.82 Å². The molecule has 0 aliphatic carbocycles. The summed E-state index contributed by atoms with van der Waals surface area (Å²) in [6.45, 7) is 5.98. The molecular formula is C17H26BrFN4O2S. The van der Waals surface area contributed by atoms with E-state index >= 15 is 0 Å². The van der Waals surface area contributed by atoms with E-state index in [2.05, 4.69) is 36.0 Å². The van der Waals surface area contributed by atoms with E-state index in [1.807, 2.05) is 6.07 Å². The van der Waals surface area contributed by atoms with Crippen LogP contribution in [0.5, 0.6) is 0 Å². The Morgan fingerprint density at radius 1 is 1.31 bits per heavy atom. The number of aliphatic imine (C=N–C) groups is 1. The van der Waals surface area contributed by atoms with Crippen molar-refractivity contribution in [2.45, 2.75) is 13.5 Å². The van der Waals surface area contributed by atoms with Gasteiger partial charge in [0.05, 0.1) is 10.2 Å². The number of rotatable bonds is 6. The average Bonchev–Trinajstić information content (AvgIpc) is 2.63. The number of hydrogen-bond donors (Lipinski definition) is 1. The predicted molar refractivity (Wildman–Crippen MR) is 107 cm³/mol. The monoisotopic (exact) mass is 448 g/mol. The molecule has 146 valence electrons. The first kappa shape index (κ1) is 21.1. The third-order valence-electron chi connectivity index (χ3n) is 4.41. The Hall–Kier alpha value is -1.19. The second-order valence-electron chi connectivity index (χ2n) is 6.22. The highest BCUT2D eigenvalue weighted by molar-refractivity contribution is 9.10. The Kier molecular flexibility index (Phi) is 7.85. The van der Waals surface area contributed by atoms with Crippen LogP contribution in [0.15, 0.2) is 27.7 Å². The van der Waals surface area contributed by atoms with Gasteiger partial charge in [0.1, 0.15) is 5.82 Å². The number of benzene rings is 1. The molecule has 0 aromatic heterocycles. The summed E-state index contributed by atoms with van der Waals surface area (Å²) >= 11 is 3.17. The van der Waals surface area contributed by atoms with E-state index in [1.54, 1.807) is 26.1 Å². The maximum Gasteiger partial charge on any atom is 0.193 e. The minimum Gasteiger partial charge on any atom is -0.355 e. The van der Waals surface area contributed by atoms with Gasteiger partial charge in [0.2, 0.25) is 0 Å². The molecule has 9 heteroatoms. The highest BCUT2D eigenvalue weighted by Crippen LogP contribution is 2.18. The van der Waals surface area contributed by atoms with Crippen molar-refractivity contribution in [1.29, 1.82) is 0 Å². The molecule has 1 heterocycles. The molecule has 1 aromatic carbocycles. The van der Waals surface area contributed by atoms with Crippen LogP contribution >= 0.6 is 15.9 Å². The van der Waals surface area contributed by atoms with Gasteiger partial charge in [0.25, 0.3) is 0 Å². The number of halogens is 2. The first-order valence-corrected chi connectivity index (χ1v) is 11.3. The second kappa shape index (κ2) is 9.66. The Bertz CT molecular complexity index is 734. The van der Waals surface area contributed by atoms with Crippen molar-refractivity contribution in [3.8, 4) is 0 Å². The summed E-state index contributed by atoms with van der Waals surface area (Å²) in [6, 6.07) is 5.22. The van der Waals surface area contributed by atoms with Gasteiger partial charge in [-0.1, -0.05) is 13.0 Å². The zero-order valence-electron chi connectivity index (χ0n) is 15.2. The SMILES string of the molecule is CCS(=O)(=O)CCNC(=NC)N1CCN(Cc2ccc(Br)c(F)c2)CC1. The normalized spacial score (nSPS) is 16.8. The zero-order chi connectivity index (χ0) is 19.2. The van der Waals surface area contributed by atoms with E-state index < -0.39 is 9.84 Å². The Morgan fingerprint density at radius 2 is 2.00 bits per heavy atom. The number of nitrogens with one attached hydrogen (secondary N) is 1. The van der Waals surface area contributed by atoms with Crippen LogP contribution in [0.4, 0.5) is 4.39 Å². The van der Waals surface area contributed by atoms with Gasteiger partial charge >= 0.3 is 0 Å². The maximum absolute atomic E-state index is 13.6.